The molecule has 1 heterocycles. The molecule has 3 nitrogen and oxygen atoms in total. The lowest BCUT2D eigenvalue weighted by atomic mass is 9.73. The summed E-state index contributed by atoms with van der Waals surface area (Å²) in [5, 5.41) is 0. The summed E-state index contributed by atoms with van der Waals surface area (Å²) in [6.45, 7) is 2.22. The van der Waals surface area contributed by atoms with Crippen LogP contribution in [0.4, 0.5) is 0 Å². The second-order valence-electron chi connectivity index (χ2n) is 4.72. The Labute approximate surface area is 101 Å². The number of carbonyl (C=O) groups is 1. The predicted octanol–water partition coefficient (Wildman–Crippen LogP) is 2.40. The van der Waals surface area contributed by atoms with E-state index in [2.05, 4.69) is 0 Å². The molecule has 1 saturated heterocycles. The monoisotopic (exact) mass is 232 g/mol. The van der Waals surface area contributed by atoms with Crippen LogP contribution in [0.5, 0.6) is 0 Å². The van der Waals surface area contributed by atoms with Gasteiger partial charge in [0.25, 0.3) is 0 Å². The predicted molar refractivity (Wildman–Crippen MR) is 62.4 cm³/mol. The van der Waals surface area contributed by atoms with E-state index in [0.717, 1.165) is 24.8 Å². The molecule has 3 rings (SSSR count). The summed E-state index contributed by atoms with van der Waals surface area (Å²) in [4.78, 5) is 12.2. The van der Waals surface area contributed by atoms with Crippen molar-refractivity contribution < 1.29 is 14.3 Å². The lowest BCUT2D eigenvalue weighted by Crippen LogP contribution is -2.38. The van der Waals surface area contributed by atoms with Crippen LogP contribution in [0.25, 0.3) is 0 Å². The normalized spacial score (nSPS) is 28.5. The standard InChI is InChI=1S/C14H16O3/c1-2-16-12(15)14(11-7-4-3-5-8-11)13(17-14)9-6-10-13/h3-5,7-8H,2,6,9-10H2,1H3. The van der Waals surface area contributed by atoms with E-state index in [1.807, 2.05) is 37.3 Å². The van der Waals surface area contributed by atoms with Crippen molar-refractivity contribution in [2.45, 2.75) is 37.4 Å². The van der Waals surface area contributed by atoms with Gasteiger partial charge in [-0.3, -0.25) is 0 Å². The molecule has 1 aromatic rings. The van der Waals surface area contributed by atoms with Gasteiger partial charge in [-0.15, -0.1) is 0 Å². The van der Waals surface area contributed by atoms with E-state index in [0.29, 0.717) is 6.61 Å². The highest BCUT2D eigenvalue weighted by molar-refractivity contribution is 5.87. The molecule has 1 spiro atoms. The molecule has 1 saturated carbocycles. The van der Waals surface area contributed by atoms with Crippen LogP contribution >= 0.6 is 0 Å². The molecule has 0 bridgehead atoms. The van der Waals surface area contributed by atoms with Crippen LogP contribution in [0.3, 0.4) is 0 Å². The molecule has 1 atom stereocenters. The Morgan fingerprint density at radius 1 is 1.35 bits per heavy atom. The van der Waals surface area contributed by atoms with E-state index >= 15 is 0 Å². The van der Waals surface area contributed by atoms with Gasteiger partial charge in [-0.2, -0.15) is 0 Å². The summed E-state index contributed by atoms with van der Waals surface area (Å²) in [5.41, 5.74) is -0.151. The summed E-state index contributed by atoms with van der Waals surface area (Å²) < 4.78 is 11.0. The largest absolute Gasteiger partial charge is 0.464 e. The van der Waals surface area contributed by atoms with Crippen molar-refractivity contribution in [1.29, 1.82) is 0 Å². The summed E-state index contributed by atoms with van der Waals surface area (Å²) in [6.07, 6.45) is 3.05. The Morgan fingerprint density at radius 2 is 2.06 bits per heavy atom. The van der Waals surface area contributed by atoms with E-state index in [-0.39, 0.29) is 11.6 Å². The molecule has 0 aromatic heterocycles. The van der Waals surface area contributed by atoms with Gasteiger partial charge in [0.15, 0.2) is 0 Å². The average molecular weight is 232 g/mol. The number of ether oxygens (including phenoxy) is 2. The van der Waals surface area contributed by atoms with E-state index in [1.165, 1.54) is 0 Å². The van der Waals surface area contributed by atoms with E-state index in [4.69, 9.17) is 9.47 Å². The highest BCUT2D eigenvalue weighted by Gasteiger charge is 2.78. The van der Waals surface area contributed by atoms with Gasteiger partial charge in [0.2, 0.25) is 5.60 Å². The fourth-order valence-corrected chi connectivity index (χ4v) is 2.79. The maximum absolute atomic E-state index is 12.2. The minimum absolute atomic E-state index is 0.231. The van der Waals surface area contributed by atoms with Gasteiger partial charge in [0, 0.05) is 0 Å². The molecule has 17 heavy (non-hydrogen) atoms. The van der Waals surface area contributed by atoms with Gasteiger partial charge < -0.3 is 9.47 Å². The molecule has 0 radical (unpaired) electrons. The number of esters is 1. The third-order valence-electron chi connectivity index (χ3n) is 3.85. The molecule has 1 aliphatic heterocycles. The Kier molecular flexibility index (Phi) is 2.26. The van der Waals surface area contributed by atoms with Crippen molar-refractivity contribution in [2.75, 3.05) is 6.61 Å². The molecule has 1 aromatic carbocycles. The first-order chi connectivity index (χ1) is 8.25. The molecule has 3 heteroatoms. The van der Waals surface area contributed by atoms with Crippen LogP contribution in [0.1, 0.15) is 31.7 Å². The summed E-state index contributed by atoms with van der Waals surface area (Å²) >= 11 is 0. The summed E-state index contributed by atoms with van der Waals surface area (Å²) in [7, 11) is 0. The van der Waals surface area contributed by atoms with Crippen molar-refractivity contribution in [3.05, 3.63) is 35.9 Å². The summed E-state index contributed by atoms with van der Waals surface area (Å²) in [5.74, 6) is -0.231. The maximum atomic E-state index is 12.2. The quantitative estimate of drug-likeness (QED) is 0.593. The molecule has 0 amide bonds. The number of hydrogen-bond acceptors (Lipinski definition) is 3. The van der Waals surface area contributed by atoms with Crippen molar-refractivity contribution in [3.8, 4) is 0 Å². The molecule has 2 fully saturated rings. The highest BCUT2D eigenvalue weighted by atomic mass is 16.7. The summed E-state index contributed by atoms with van der Waals surface area (Å²) in [6, 6.07) is 9.71. The Balaban J connectivity index is 1.97. The molecular weight excluding hydrogens is 216 g/mol. The van der Waals surface area contributed by atoms with Crippen LogP contribution in [0, 0.1) is 0 Å². The Bertz CT molecular complexity index is 436. The highest BCUT2D eigenvalue weighted by Crippen LogP contribution is 2.66. The Hall–Kier alpha value is -1.35. The van der Waals surface area contributed by atoms with Gasteiger partial charge >= 0.3 is 5.97 Å². The van der Waals surface area contributed by atoms with Crippen LogP contribution in [-0.2, 0) is 19.9 Å². The molecule has 90 valence electrons. The van der Waals surface area contributed by atoms with E-state index < -0.39 is 5.60 Å². The smallest absolute Gasteiger partial charge is 0.346 e. The van der Waals surface area contributed by atoms with Gasteiger partial charge in [-0.05, 0) is 31.7 Å². The zero-order valence-corrected chi connectivity index (χ0v) is 9.94. The molecular formula is C14H16O3. The first kappa shape index (κ1) is 10.8. The number of epoxide rings is 1. The second kappa shape index (κ2) is 3.57. The zero-order valence-electron chi connectivity index (χ0n) is 9.94. The molecule has 2 aliphatic rings. The van der Waals surface area contributed by atoms with Crippen LogP contribution in [-0.4, -0.2) is 18.2 Å². The van der Waals surface area contributed by atoms with E-state index in [9.17, 15) is 4.79 Å². The number of hydrogen-bond donors (Lipinski definition) is 0. The molecule has 0 N–H and O–H groups in total. The third-order valence-corrected chi connectivity index (χ3v) is 3.85. The van der Waals surface area contributed by atoms with Crippen molar-refractivity contribution in [3.63, 3.8) is 0 Å². The van der Waals surface area contributed by atoms with Gasteiger partial charge in [0.05, 0.1) is 6.61 Å². The first-order valence-corrected chi connectivity index (χ1v) is 6.18. The number of rotatable bonds is 3. The van der Waals surface area contributed by atoms with Gasteiger partial charge in [-0.1, -0.05) is 30.3 Å². The third kappa shape index (κ3) is 1.29. The minimum Gasteiger partial charge on any atom is -0.464 e. The zero-order chi connectivity index (χ0) is 11.9. The SMILES string of the molecule is CCOC(=O)C1(c2ccccc2)OC12CCC2. The second-order valence-corrected chi connectivity index (χ2v) is 4.72. The van der Waals surface area contributed by atoms with E-state index in [1.54, 1.807) is 0 Å². The van der Waals surface area contributed by atoms with Crippen molar-refractivity contribution >= 4 is 5.97 Å². The van der Waals surface area contributed by atoms with Crippen molar-refractivity contribution in [1.82, 2.24) is 0 Å². The fourth-order valence-electron chi connectivity index (χ4n) is 2.79. The average Bonchev–Trinajstić information content (AvgIpc) is 3.02. The number of carbonyl (C=O) groups excluding carboxylic acids is 1. The molecule has 1 aliphatic carbocycles. The molecule has 1 unspecified atom stereocenters. The fraction of sp³-hybridized carbons (Fsp3) is 0.500. The first-order valence-electron chi connectivity index (χ1n) is 6.18. The van der Waals surface area contributed by atoms with Crippen LogP contribution in [0.15, 0.2) is 30.3 Å². The lowest BCUT2D eigenvalue weighted by Gasteiger charge is -2.26. The van der Waals surface area contributed by atoms with Crippen LogP contribution < -0.4 is 0 Å². The van der Waals surface area contributed by atoms with Gasteiger partial charge in [0.1, 0.15) is 5.60 Å². The lowest BCUT2D eigenvalue weighted by molar-refractivity contribution is -0.150. The number of benzene rings is 1. The minimum atomic E-state index is -0.817. The maximum Gasteiger partial charge on any atom is 0.346 e. The Morgan fingerprint density at radius 3 is 2.53 bits per heavy atom. The van der Waals surface area contributed by atoms with Crippen molar-refractivity contribution in [2.24, 2.45) is 0 Å². The van der Waals surface area contributed by atoms with Gasteiger partial charge in [-0.25, -0.2) is 4.79 Å². The topological polar surface area (TPSA) is 38.8 Å². The van der Waals surface area contributed by atoms with Crippen LogP contribution in [0.2, 0.25) is 0 Å².